The molecule has 0 unspecified atom stereocenters. The average Bonchev–Trinajstić information content (AvgIpc) is 1.84. The van der Waals surface area contributed by atoms with Crippen LogP contribution in [-0.2, 0) is 14.3 Å². The minimum absolute atomic E-state index is 0.448. The molecule has 0 heterocycles. The van der Waals surface area contributed by atoms with Crippen LogP contribution in [0.15, 0.2) is 12.0 Å². The van der Waals surface area contributed by atoms with Crippen LogP contribution in [0.1, 0.15) is 6.42 Å². The van der Waals surface area contributed by atoms with Gasteiger partial charge in [-0.25, -0.2) is 0 Å². The number of halogens is 3. The highest BCUT2D eigenvalue weighted by Crippen LogP contribution is 2.19. The largest absolute Gasteiger partial charge is 0.391 e. The van der Waals surface area contributed by atoms with E-state index in [0.29, 0.717) is 5.41 Å². The smallest absolute Gasteiger partial charge is 0.266 e. The maximum absolute atomic E-state index is 11.4. The lowest BCUT2D eigenvalue weighted by atomic mass is 10.5. The lowest BCUT2D eigenvalue weighted by Crippen LogP contribution is -2.13. The zero-order chi connectivity index (χ0) is 9.83. The minimum atomic E-state index is -4.41. The summed E-state index contributed by atoms with van der Waals surface area (Å²) < 4.78 is 58.9. The number of rotatable bonds is 4. The quantitative estimate of drug-likeness (QED) is 0.650. The molecule has 0 amide bonds. The molecule has 12 heavy (non-hydrogen) atoms. The van der Waals surface area contributed by atoms with E-state index in [1.54, 1.807) is 0 Å². The van der Waals surface area contributed by atoms with Gasteiger partial charge in [-0.2, -0.15) is 21.6 Å². The van der Waals surface area contributed by atoms with Gasteiger partial charge >= 0.3 is 6.18 Å². The normalized spacial score (nSPS) is 12.9. The summed E-state index contributed by atoms with van der Waals surface area (Å²) in [7, 11) is -3.98. The van der Waals surface area contributed by atoms with Crippen LogP contribution in [0, 0.1) is 0 Å². The van der Waals surface area contributed by atoms with Gasteiger partial charge in [0.05, 0.1) is 18.4 Å². The maximum Gasteiger partial charge on any atom is 0.391 e. The van der Waals surface area contributed by atoms with Crippen LogP contribution in [0.4, 0.5) is 13.2 Å². The summed E-state index contributed by atoms with van der Waals surface area (Å²) >= 11 is 0. The molecule has 0 radical (unpaired) electrons. The molecule has 7 heteroatoms. The molecule has 0 fully saturated rings. The van der Waals surface area contributed by atoms with Gasteiger partial charge in [-0.1, -0.05) is 6.58 Å². The highest BCUT2D eigenvalue weighted by molar-refractivity contribution is 7.89. The van der Waals surface area contributed by atoms with Gasteiger partial charge in [0.25, 0.3) is 10.1 Å². The lowest BCUT2D eigenvalue weighted by Gasteiger charge is -2.04. The highest BCUT2D eigenvalue weighted by atomic mass is 32.2. The van der Waals surface area contributed by atoms with Crippen molar-refractivity contribution in [2.45, 2.75) is 12.6 Å². The Morgan fingerprint density at radius 1 is 1.42 bits per heavy atom. The first-order valence-corrected chi connectivity index (χ1v) is 4.32. The summed E-state index contributed by atoms with van der Waals surface area (Å²) in [6.07, 6.45) is -5.70. The van der Waals surface area contributed by atoms with Gasteiger partial charge in [-0.05, 0) is 0 Å². The molecule has 0 aliphatic rings. The molecule has 3 nitrogen and oxygen atoms in total. The molecule has 0 saturated heterocycles. The zero-order valence-electron chi connectivity index (χ0n) is 5.97. The SMILES string of the molecule is C=CS(=O)(=O)OCCC(F)(F)F. The summed E-state index contributed by atoms with van der Waals surface area (Å²) in [6.45, 7) is 1.95. The molecular weight excluding hydrogens is 197 g/mol. The van der Waals surface area contributed by atoms with Crippen molar-refractivity contribution in [1.29, 1.82) is 0 Å². The minimum Gasteiger partial charge on any atom is -0.266 e. The van der Waals surface area contributed by atoms with Gasteiger partial charge in [0.15, 0.2) is 0 Å². The summed E-state index contributed by atoms with van der Waals surface area (Å²) in [5.41, 5.74) is 0. The van der Waals surface area contributed by atoms with Crippen LogP contribution < -0.4 is 0 Å². The van der Waals surface area contributed by atoms with Crippen molar-refractivity contribution in [3.8, 4) is 0 Å². The molecule has 0 aromatic carbocycles. The Kier molecular flexibility index (Phi) is 3.72. The first-order chi connectivity index (χ1) is 5.27. The number of alkyl halides is 3. The van der Waals surface area contributed by atoms with E-state index in [9.17, 15) is 21.6 Å². The molecule has 0 bridgehead atoms. The molecule has 72 valence electrons. The Hall–Kier alpha value is -0.560. The fraction of sp³-hybridized carbons (Fsp3) is 0.600. The fourth-order valence-electron chi connectivity index (χ4n) is 0.322. The second kappa shape index (κ2) is 3.90. The standard InChI is InChI=1S/C5H7F3O3S/c1-2-12(9,10)11-4-3-5(6,7)8/h2H,1,3-4H2. The summed E-state index contributed by atoms with van der Waals surface area (Å²) in [6, 6.07) is 0. The fourth-order valence-corrected chi connectivity index (χ4v) is 0.734. The van der Waals surface area contributed by atoms with E-state index in [1.165, 1.54) is 0 Å². The average molecular weight is 204 g/mol. The van der Waals surface area contributed by atoms with E-state index in [4.69, 9.17) is 0 Å². The van der Waals surface area contributed by atoms with Gasteiger partial charge in [0.1, 0.15) is 0 Å². The van der Waals surface area contributed by atoms with Crippen molar-refractivity contribution in [2.75, 3.05) is 6.61 Å². The van der Waals surface area contributed by atoms with Crippen molar-refractivity contribution in [2.24, 2.45) is 0 Å². The Labute approximate surface area is 68.0 Å². The van der Waals surface area contributed by atoms with Crippen LogP contribution in [0.25, 0.3) is 0 Å². The van der Waals surface area contributed by atoms with Gasteiger partial charge in [0.2, 0.25) is 0 Å². The predicted molar refractivity (Wildman–Crippen MR) is 35.7 cm³/mol. The van der Waals surface area contributed by atoms with Crippen LogP contribution in [0.3, 0.4) is 0 Å². The van der Waals surface area contributed by atoms with Gasteiger partial charge < -0.3 is 0 Å². The second-order valence-electron chi connectivity index (χ2n) is 1.85. The molecular formula is C5H7F3O3S. The van der Waals surface area contributed by atoms with E-state index in [2.05, 4.69) is 10.8 Å². The van der Waals surface area contributed by atoms with E-state index >= 15 is 0 Å². The van der Waals surface area contributed by atoms with Gasteiger partial charge in [-0.3, -0.25) is 4.18 Å². The maximum atomic E-state index is 11.4. The molecule has 0 N–H and O–H groups in total. The molecule has 0 spiro atoms. The highest BCUT2D eigenvalue weighted by Gasteiger charge is 2.27. The third-order valence-electron chi connectivity index (χ3n) is 0.837. The lowest BCUT2D eigenvalue weighted by molar-refractivity contribution is -0.139. The molecule has 0 saturated carbocycles. The van der Waals surface area contributed by atoms with Crippen molar-refractivity contribution >= 4 is 10.1 Å². The van der Waals surface area contributed by atoms with Crippen LogP contribution >= 0.6 is 0 Å². The topological polar surface area (TPSA) is 43.4 Å². The third kappa shape index (κ3) is 6.17. The number of hydrogen-bond acceptors (Lipinski definition) is 3. The first-order valence-electron chi connectivity index (χ1n) is 2.85. The van der Waals surface area contributed by atoms with Crippen molar-refractivity contribution < 1.29 is 25.8 Å². The van der Waals surface area contributed by atoms with E-state index in [0.717, 1.165) is 0 Å². The van der Waals surface area contributed by atoms with E-state index in [1.807, 2.05) is 0 Å². The Bertz CT molecular complexity index is 241. The zero-order valence-corrected chi connectivity index (χ0v) is 6.78. The van der Waals surface area contributed by atoms with Gasteiger partial charge in [0, 0.05) is 0 Å². The molecule has 0 aliphatic carbocycles. The Balaban J connectivity index is 3.80. The van der Waals surface area contributed by atoms with Crippen molar-refractivity contribution in [1.82, 2.24) is 0 Å². The van der Waals surface area contributed by atoms with Crippen molar-refractivity contribution in [3.05, 3.63) is 12.0 Å². The summed E-state index contributed by atoms with van der Waals surface area (Å²) in [5, 5.41) is 0.448. The van der Waals surface area contributed by atoms with Crippen LogP contribution in [0.2, 0.25) is 0 Å². The van der Waals surface area contributed by atoms with Gasteiger partial charge in [-0.15, -0.1) is 0 Å². The van der Waals surface area contributed by atoms with Crippen LogP contribution in [-0.4, -0.2) is 21.2 Å². The summed E-state index contributed by atoms with van der Waals surface area (Å²) in [5.74, 6) is 0. The number of hydrogen-bond donors (Lipinski definition) is 0. The van der Waals surface area contributed by atoms with E-state index in [-0.39, 0.29) is 0 Å². The Morgan fingerprint density at radius 2 is 1.92 bits per heavy atom. The second-order valence-corrected chi connectivity index (χ2v) is 3.40. The molecule has 0 rings (SSSR count). The monoisotopic (exact) mass is 204 g/mol. The third-order valence-corrected chi connectivity index (χ3v) is 1.74. The van der Waals surface area contributed by atoms with Crippen LogP contribution in [0.5, 0.6) is 0 Å². The molecule has 0 aromatic rings. The summed E-state index contributed by atoms with van der Waals surface area (Å²) in [4.78, 5) is 0. The molecule has 0 atom stereocenters. The molecule has 0 aromatic heterocycles. The molecule has 0 aliphatic heterocycles. The first kappa shape index (κ1) is 11.4. The predicted octanol–water partition coefficient (Wildman–Crippen LogP) is 1.43. The van der Waals surface area contributed by atoms with E-state index < -0.39 is 29.3 Å². The Morgan fingerprint density at radius 3 is 2.25 bits per heavy atom. The van der Waals surface area contributed by atoms with Crippen molar-refractivity contribution in [3.63, 3.8) is 0 Å².